The summed E-state index contributed by atoms with van der Waals surface area (Å²) in [5.41, 5.74) is 14.5. The molecule has 0 bridgehead atoms. The topological polar surface area (TPSA) is 102 Å². The van der Waals surface area contributed by atoms with Gasteiger partial charge in [-0.2, -0.15) is 5.10 Å². The lowest BCUT2D eigenvalue weighted by molar-refractivity contribution is -0.0738. The Morgan fingerprint density at radius 3 is 1.98 bits per heavy atom. The largest absolute Gasteiger partial charge is 0.390 e. The summed E-state index contributed by atoms with van der Waals surface area (Å²) in [7, 11) is 0. The van der Waals surface area contributed by atoms with Crippen molar-refractivity contribution < 1.29 is 5.11 Å². The molecule has 1 aliphatic rings. The predicted molar refractivity (Wildman–Crippen MR) is 156 cm³/mol. The lowest BCUT2D eigenvalue weighted by atomic mass is 9.63. The van der Waals surface area contributed by atoms with Crippen LogP contribution in [0, 0.1) is 0 Å². The average molecular weight is 525 g/mol. The fourth-order valence-electron chi connectivity index (χ4n) is 5.98. The van der Waals surface area contributed by atoms with E-state index in [2.05, 4.69) is 46.4 Å². The van der Waals surface area contributed by atoms with Crippen LogP contribution >= 0.6 is 0 Å². The summed E-state index contributed by atoms with van der Waals surface area (Å²) in [5.74, 6) is 0. The van der Waals surface area contributed by atoms with E-state index in [1.807, 2.05) is 66.2 Å². The van der Waals surface area contributed by atoms with Gasteiger partial charge in [-0.3, -0.25) is 0 Å². The normalized spacial score (nSPS) is 20.4. The second-order valence-electron chi connectivity index (χ2n) is 10.9. The molecule has 0 spiro atoms. The molecule has 7 nitrogen and oxygen atoms in total. The molecule has 3 aromatic heterocycles. The van der Waals surface area contributed by atoms with Crippen molar-refractivity contribution in [1.82, 2.24) is 24.6 Å². The van der Waals surface area contributed by atoms with Crippen molar-refractivity contribution in [3.05, 3.63) is 115 Å². The number of nitrogens with zero attached hydrogens (tertiary/aromatic N) is 5. The molecule has 3 aromatic carbocycles. The molecule has 0 unspecified atom stereocenters. The smallest absolute Gasteiger partial charge is 0.164 e. The Morgan fingerprint density at radius 2 is 1.35 bits per heavy atom. The summed E-state index contributed by atoms with van der Waals surface area (Å²) < 4.78 is 1.86. The first-order chi connectivity index (χ1) is 19.4. The highest BCUT2D eigenvalue weighted by molar-refractivity contribution is 5.92. The van der Waals surface area contributed by atoms with Gasteiger partial charge < -0.3 is 10.8 Å². The zero-order chi connectivity index (χ0) is 27.3. The molecule has 0 radical (unpaired) electrons. The molecule has 196 valence electrons. The van der Waals surface area contributed by atoms with Crippen molar-refractivity contribution in [2.45, 2.75) is 30.9 Å². The van der Waals surface area contributed by atoms with Gasteiger partial charge in [0.25, 0.3) is 0 Å². The number of benzene rings is 3. The van der Waals surface area contributed by atoms with Gasteiger partial charge in [-0.25, -0.2) is 19.5 Å². The minimum atomic E-state index is -0.712. The Morgan fingerprint density at radius 1 is 0.750 bits per heavy atom. The van der Waals surface area contributed by atoms with E-state index in [0.29, 0.717) is 12.8 Å². The third-order valence-corrected chi connectivity index (χ3v) is 7.72. The van der Waals surface area contributed by atoms with E-state index in [0.717, 1.165) is 56.0 Å². The summed E-state index contributed by atoms with van der Waals surface area (Å²) >= 11 is 0. The fraction of sp³-hybridized carbons (Fsp3) is 0.152. The van der Waals surface area contributed by atoms with Crippen molar-refractivity contribution in [2.75, 3.05) is 0 Å². The lowest BCUT2D eigenvalue weighted by Gasteiger charge is -2.49. The van der Waals surface area contributed by atoms with E-state index in [4.69, 9.17) is 15.8 Å². The molecule has 40 heavy (non-hydrogen) atoms. The van der Waals surface area contributed by atoms with Crippen LogP contribution in [0.1, 0.15) is 25.3 Å². The maximum atomic E-state index is 10.3. The molecular weight excluding hydrogens is 496 g/mol. The number of hydrogen-bond donors (Lipinski definition) is 2. The van der Waals surface area contributed by atoms with E-state index in [1.165, 1.54) is 6.33 Å². The first kappa shape index (κ1) is 24.3. The third kappa shape index (κ3) is 4.16. The van der Waals surface area contributed by atoms with Crippen LogP contribution in [0.5, 0.6) is 0 Å². The monoisotopic (exact) mass is 524 g/mol. The van der Waals surface area contributed by atoms with Gasteiger partial charge in [0.05, 0.1) is 16.9 Å². The van der Waals surface area contributed by atoms with Gasteiger partial charge in [-0.15, -0.1) is 0 Å². The van der Waals surface area contributed by atoms with E-state index >= 15 is 0 Å². The van der Waals surface area contributed by atoms with Crippen LogP contribution in [0.15, 0.2) is 110 Å². The highest BCUT2D eigenvalue weighted by atomic mass is 16.3. The molecule has 7 heteroatoms. The van der Waals surface area contributed by atoms with E-state index in [9.17, 15) is 5.11 Å². The Bertz CT molecular complexity index is 1810. The molecule has 3 N–H and O–H groups in total. The maximum Gasteiger partial charge on any atom is 0.164 e. The molecule has 0 aliphatic heterocycles. The number of nitrogens with two attached hydrogens (primary N) is 1. The van der Waals surface area contributed by atoms with Crippen molar-refractivity contribution in [3.63, 3.8) is 0 Å². The van der Waals surface area contributed by atoms with Crippen LogP contribution in [0.25, 0.3) is 50.4 Å². The van der Waals surface area contributed by atoms with Gasteiger partial charge in [0.15, 0.2) is 5.65 Å². The van der Waals surface area contributed by atoms with E-state index < -0.39 is 11.1 Å². The van der Waals surface area contributed by atoms with Gasteiger partial charge in [0, 0.05) is 46.4 Å². The number of fused-ring (bicyclic) bond motifs is 1. The Kier molecular flexibility index (Phi) is 5.59. The zero-order valence-corrected chi connectivity index (χ0v) is 22.1. The van der Waals surface area contributed by atoms with Gasteiger partial charge in [-0.1, -0.05) is 84.9 Å². The molecule has 0 amide bonds. The Balaban J connectivity index is 1.45. The van der Waals surface area contributed by atoms with Gasteiger partial charge in [0.2, 0.25) is 0 Å². The minimum absolute atomic E-state index is 0.516. The quantitative estimate of drug-likeness (QED) is 0.292. The standard InChI is InChI=1S/C33H28N6O/c1-32(40)19-33(34,20-32)26-14-12-24(13-15-26)29-27(22-8-4-2-5-9-22)18-39-31(37-29)28(25-16-35-21-36-17-25)30(38-39)23-10-6-3-7-11-23/h2-18,21,40H,19-20,34H2,1H3. The Labute approximate surface area is 232 Å². The highest BCUT2D eigenvalue weighted by Gasteiger charge is 2.49. The molecule has 3 heterocycles. The minimum Gasteiger partial charge on any atom is -0.390 e. The molecule has 7 rings (SSSR count). The molecule has 6 aromatic rings. The maximum absolute atomic E-state index is 10.3. The van der Waals surface area contributed by atoms with E-state index in [1.54, 1.807) is 12.4 Å². The average Bonchev–Trinajstić information content (AvgIpc) is 3.35. The van der Waals surface area contributed by atoms with E-state index in [-0.39, 0.29) is 0 Å². The molecule has 1 aliphatic carbocycles. The summed E-state index contributed by atoms with van der Waals surface area (Å²) in [4.78, 5) is 13.8. The molecule has 0 saturated heterocycles. The van der Waals surface area contributed by atoms with Crippen LogP contribution in [-0.2, 0) is 5.54 Å². The van der Waals surface area contributed by atoms with Gasteiger partial charge >= 0.3 is 0 Å². The summed E-state index contributed by atoms with van der Waals surface area (Å²) in [6, 6.07) is 28.6. The highest BCUT2D eigenvalue weighted by Crippen LogP contribution is 2.46. The Hall–Kier alpha value is -4.72. The molecule has 0 atom stereocenters. The van der Waals surface area contributed by atoms with Gasteiger partial charge in [0.1, 0.15) is 12.0 Å². The van der Waals surface area contributed by atoms with Gasteiger partial charge in [-0.05, 0) is 30.9 Å². The zero-order valence-electron chi connectivity index (χ0n) is 22.1. The summed E-state index contributed by atoms with van der Waals surface area (Å²) in [6.45, 7) is 1.84. The number of aliphatic hydroxyl groups is 1. The lowest BCUT2D eigenvalue weighted by Crippen LogP contribution is -2.58. The van der Waals surface area contributed by atoms with Crippen molar-refractivity contribution >= 4 is 5.65 Å². The summed E-state index contributed by atoms with van der Waals surface area (Å²) in [5, 5.41) is 15.3. The first-order valence-corrected chi connectivity index (χ1v) is 13.3. The summed E-state index contributed by atoms with van der Waals surface area (Å²) in [6.07, 6.45) is 8.25. The number of hydrogen-bond acceptors (Lipinski definition) is 6. The van der Waals surface area contributed by atoms with Crippen LogP contribution in [0.4, 0.5) is 0 Å². The predicted octanol–water partition coefficient (Wildman–Crippen LogP) is 5.89. The number of rotatable bonds is 5. The van der Waals surface area contributed by atoms with Crippen molar-refractivity contribution in [3.8, 4) is 44.8 Å². The second-order valence-corrected chi connectivity index (χ2v) is 10.9. The van der Waals surface area contributed by atoms with Crippen LogP contribution in [-0.4, -0.2) is 35.3 Å². The van der Waals surface area contributed by atoms with Crippen molar-refractivity contribution in [1.29, 1.82) is 0 Å². The van der Waals surface area contributed by atoms with Crippen LogP contribution in [0.2, 0.25) is 0 Å². The second kappa shape index (κ2) is 9.19. The van der Waals surface area contributed by atoms with Crippen LogP contribution < -0.4 is 5.73 Å². The van der Waals surface area contributed by atoms with Crippen LogP contribution in [0.3, 0.4) is 0 Å². The SMILES string of the molecule is CC1(O)CC(N)(c2ccc(-c3nc4c(-c5cncnc5)c(-c5ccccc5)nn4cc3-c3ccccc3)cc2)C1. The third-order valence-electron chi connectivity index (χ3n) is 7.72. The molecular formula is C33H28N6O. The first-order valence-electron chi connectivity index (χ1n) is 13.3. The molecule has 1 fully saturated rings. The number of aromatic nitrogens is 5. The van der Waals surface area contributed by atoms with Crippen molar-refractivity contribution in [2.24, 2.45) is 5.73 Å². The fourth-order valence-corrected chi connectivity index (χ4v) is 5.98. The molecule has 1 saturated carbocycles.